The van der Waals surface area contributed by atoms with Gasteiger partial charge in [-0.1, -0.05) is 73.9 Å². The maximum absolute atomic E-state index is 11.1. The van der Waals surface area contributed by atoms with Crippen LogP contribution in [-0.2, 0) is 17.6 Å². The molecular formula is C48H44O6. The van der Waals surface area contributed by atoms with E-state index in [1.54, 1.807) is 28.4 Å². The standard InChI is InChI=1S/C48H44O6/c1-50-33-16-12-31(13-17-33)48(32-14-18-34(51-2)19-15-32)25-22-38-45-44(37-10-6-7-11-42(37)47(45)23-8-5-9-24-47)40-26-30(29-49)39(28-41(40)46(38)54-48)36-21-20-35(52-3)27-43(36)53-4/h6-7,10-22,25-28,49H,5,8-9,23-24,29H2,1-4H3. The molecule has 1 saturated carbocycles. The molecule has 6 nitrogen and oxygen atoms in total. The molecule has 272 valence electrons. The number of hydrogen-bond donors (Lipinski definition) is 1. The van der Waals surface area contributed by atoms with E-state index in [9.17, 15) is 5.11 Å². The third kappa shape index (κ3) is 5.03. The van der Waals surface area contributed by atoms with E-state index in [4.69, 9.17) is 23.7 Å². The Balaban J connectivity index is 1.39. The Morgan fingerprint density at radius 1 is 0.630 bits per heavy atom. The van der Waals surface area contributed by atoms with E-state index in [2.05, 4.69) is 72.8 Å². The first-order chi connectivity index (χ1) is 26.5. The molecule has 54 heavy (non-hydrogen) atoms. The number of hydrogen-bond acceptors (Lipinski definition) is 6. The average Bonchev–Trinajstić information content (AvgIpc) is 3.52. The van der Waals surface area contributed by atoms with E-state index in [0.717, 1.165) is 74.2 Å². The highest BCUT2D eigenvalue weighted by atomic mass is 16.5. The molecule has 0 unspecified atom stereocenters. The summed E-state index contributed by atoms with van der Waals surface area (Å²) >= 11 is 0. The van der Waals surface area contributed by atoms with Crippen LogP contribution in [0.3, 0.4) is 0 Å². The summed E-state index contributed by atoms with van der Waals surface area (Å²) < 4.78 is 30.3. The minimum Gasteiger partial charge on any atom is -0.497 e. The number of rotatable bonds is 8. The van der Waals surface area contributed by atoms with Gasteiger partial charge in [0.15, 0.2) is 5.60 Å². The average molecular weight is 717 g/mol. The number of benzene rings is 6. The second kappa shape index (κ2) is 13.3. The van der Waals surface area contributed by atoms with Gasteiger partial charge in [-0.25, -0.2) is 0 Å². The van der Waals surface area contributed by atoms with Gasteiger partial charge in [0.25, 0.3) is 0 Å². The molecule has 0 saturated heterocycles. The second-order valence-electron chi connectivity index (χ2n) is 14.6. The first-order valence-electron chi connectivity index (χ1n) is 18.8. The van der Waals surface area contributed by atoms with Crippen molar-refractivity contribution in [1.29, 1.82) is 0 Å². The van der Waals surface area contributed by atoms with Crippen LogP contribution in [0.25, 0.3) is 39.1 Å². The molecule has 1 heterocycles. The van der Waals surface area contributed by atoms with Gasteiger partial charge in [-0.15, -0.1) is 0 Å². The van der Waals surface area contributed by atoms with Gasteiger partial charge in [0.1, 0.15) is 28.7 Å². The first kappa shape index (κ1) is 34.1. The van der Waals surface area contributed by atoms with Crippen LogP contribution in [0.15, 0.2) is 109 Å². The van der Waals surface area contributed by atoms with Crippen LogP contribution in [0.4, 0.5) is 0 Å². The summed E-state index contributed by atoms with van der Waals surface area (Å²) in [5, 5.41) is 13.1. The molecule has 0 aromatic heterocycles. The minimum atomic E-state index is -0.967. The fraction of sp³-hybridized carbons (Fsp3) is 0.250. The number of methoxy groups -OCH3 is 4. The first-order valence-corrected chi connectivity index (χ1v) is 18.8. The van der Waals surface area contributed by atoms with Gasteiger partial charge in [0.2, 0.25) is 0 Å². The topological polar surface area (TPSA) is 66.4 Å². The van der Waals surface area contributed by atoms with Gasteiger partial charge in [0.05, 0.1) is 35.0 Å². The van der Waals surface area contributed by atoms with Gasteiger partial charge >= 0.3 is 0 Å². The molecule has 1 spiro atoms. The Kier molecular flexibility index (Phi) is 8.39. The Bertz CT molecular complexity index is 2370. The molecule has 2 aliphatic carbocycles. The summed E-state index contributed by atoms with van der Waals surface area (Å²) in [6.45, 7) is -0.137. The monoisotopic (exact) mass is 716 g/mol. The quantitative estimate of drug-likeness (QED) is 0.169. The SMILES string of the molecule is COc1ccc(C2(c3ccc(OC)cc3)C=Cc3c4c(c5cc(CO)c(-c6ccc(OC)cc6OC)cc5c3O2)-c2ccccc2C42CCCCC2)cc1. The van der Waals surface area contributed by atoms with E-state index in [1.165, 1.54) is 41.5 Å². The van der Waals surface area contributed by atoms with Crippen LogP contribution < -0.4 is 23.7 Å². The van der Waals surface area contributed by atoms with Crippen molar-refractivity contribution in [2.45, 2.75) is 49.7 Å². The number of fused-ring (bicyclic) bond motifs is 10. The molecule has 0 amide bonds. The predicted molar refractivity (Wildman–Crippen MR) is 214 cm³/mol. The summed E-state index contributed by atoms with van der Waals surface area (Å²) in [7, 11) is 6.68. The van der Waals surface area contributed by atoms with Crippen LogP contribution in [0.1, 0.15) is 65.5 Å². The summed E-state index contributed by atoms with van der Waals surface area (Å²) in [6.07, 6.45) is 10.3. The van der Waals surface area contributed by atoms with Crippen molar-refractivity contribution in [3.8, 4) is 51.0 Å². The summed E-state index contributed by atoms with van der Waals surface area (Å²) in [6, 6.07) is 35.5. The normalized spacial score (nSPS) is 15.9. The lowest BCUT2D eigenvalue weighted by atomic mass is 9.66. The summed E-state index contributed by atoms with van der Waals surface area (Å²) in [5.74, 6) is 3.74. The smallest absolute Gasteiger partial charge is 0.178 e. The van der Waals surface area contributed by atoms with E-state index >= 15 is 0 Å². The van der Waals surface area contributed by atoms with E-state index in [-0.39, 0.29) is 12.0 Å². The van der Waals surface area contributed by atoms with Gasteiger partial charge < -0.3 is 28.8 Å². The number of aliphatic hydroxyl groups excluding tert-OH is 1. The van der Waals surface area contributed by atoms with Crippen molar-refractivity contribution >= 4 is 16.8 Å². The number of ether oxygens (including phenoxy) is 5. The lowest BCUT2D eigenvalue weighted by Gasteiger charge is -2.41. The summed E-state index contributed by atoms with van der Waals surface area (Å²) in [4.78, 5) is 0. The molecule has 0 radical (unpaired) electrons. The highest BCUT2D eigenvalue weighted by Gasteiger charge is 2.48. The Labute approximate surface area is 316 Å². The van der Waals surface area contributed by atoms with Crippen LogP contribution in [0.5, 0.6) is 28.7 Å². The van der Waals surface area contributed by atoms with Crippen LogP contribution >= 0.6 is 0 Å². The molecule has 3 aliphatic rings. The van der Waals surface area contributed by atoms with Crippen molar-refractivity contribution in [1.82, 2.24) is 0 Å². The maximum atomic E-state index is 11.1. The van der Waals surface area contributed by atoms with Gasteiger partial charge in [0, 0.05) is 39.1 Å². The molecule has 1 aliphatic heterocycles. The lowest BCUT2D eigenvalue weighted by Crippen LogP contribution is -2.35. The zero-order valence-electron chi connectivity index (χ0n) is 31.2. The molecule has 1 N–H and O–H groups in total. The minimum absolute atomic E-state index is 0.131. The van der Waals surface area contributed by atoms with E-state index in [1.807, 2.05) is 42.5 Å². The van der Waals surface area contributed by atoms with E-state index < -0.39 is 5.60 Å². The molecule has 1 fully saturated rings. The number of aliphatic hydroxyl groups is 1. The fourth-order valence-corrected chi connectivity index (χ4v) is 9.49. The van der Waals surface area contributed by atoms with Crippen molar-refractivity contribution < 1.29 is 28.8 Å². The largest absolute Gasteiger partial charge is 0.497 e. The van der Waals surface area contributed by atoms with Gasteiger partial charge in [-0.3, -0.25) is 0 Å². The van der Waals surface area contributed by atoms with Crippen molar-refractivity contribution in [3.05, 3.63) is 143 Å². The summed E-state index contributed by atoms with van der Waals surface area (Å²) in [5.41, 5.74) is 9.81. The van der Waals surface area contributed by atoms with Gasteiger partial charge in [-0.05, 0) is 106 Å². The highest BCUT2D eigenvalue weighted by molar-refractivity contribution is 6.10. The van der Waals surface area contributed by atoms with Crippen molar-refractivity contribution in [3.63, 3.8) is 0 Å². The predicted octanol–water partition coefficient (Wildman–Crippen LogP) is 10.6. The zero-order valence-corrected chi connectivity index (χ0v) is 31.2. The second-order valence-corrected chi connectivity index (χ2v) is 14.6. The molecule has 0 atom stereocenters. The highest BCUT2D eigenvalue weighted by Crippen LogP contribution is 2.62. The third-order valence-electron chi connectivity index (χ3n) is 12.1. The molecule has 0 bridgehead atoms. The fourth-order valence-electron chi connectivity index (χ4n) is 9.49. The van der Waals surface area contributed by atoms with Crippen molar-refractivity contribution in [2.24, 2.45) is 0 Å². The molecule has 6 heteroatoms. The Morgan fingerprint density at radius 3 is 1.91 bits per heavy atom. The molecule has 6 aromatic rings. The van der Waals surface area contributed by atoms with E-state index in [0.29, 0.717) is 11.5 Å². The lowest BCUT2D eigenvalue weighted by molar-refractivity contribution is 0.163. The van der Waals surface area contributed by atoms with Crippen LogP contribution in [0, 0.1) is 0 Å². The van der Waals surface area contributed by atoms with Crippen molar-refractivity contribution in [2.75, 3.05) is 28.4 Å². The van der Waals surface area contributed by atoms with Crippen LogP contribution in [-0.4, -0.2) is 33.5 Å². The molecular weight excluding hydrogens is 673 g/mol. The zero-order chi connectivity index (χ0) is 37.0. The Morgan fingerprint density at radius 2 is 1.28 bits per heavy atom. The van der Waals surface area contributed by atoms with Crippen LogP contribution in [0.2, 0.25) is 0 Å². The molecule has 9 rings (SSSR count). The molecule has 6 aromatic carbocycles. The Hall–Kier alpha value is -5.72. The third-order valence-corrected chi connectivity index (χ3v) is 12.1. The maximum Gasteiger partial charge on any atom is 0.178 e. The van der Waals surface area contributed by atoms with Gasteiger partial charge in [-0.2, -0.15) is 0 Å².